The number of thiophene rings is 1. The van der Waals surface area contributed by atoms with Gasteiger partial charge in [-0.05, 0) is 23.4 Å². The van der Waals surface area contributed by atoms with Gasteiger partial charge in [0, 0.05) is 5.38 Å². The Morgan fingerprint density at radius 1 is 1.29 bits per heavy atom. The number of carbonyl (C=O) groups is 1. The second-order valence-corrected chi connectivity index (χ2v) is 4.65. The number of amides is 1. The zero-order valence-electron chi connectivity index (χ0n) is 9.72. The van der Waals surface area contributed by atoms with Crippen LogP contribution in [0, 0.1) is 0 Å². The van der Waals surface area contributed by atoms with Crippen LogP contribution in [0.3, 0.4) is 0 Å². The molecule has 2 rings (SSSR count). The summed E-state index contributed by atoms with van der Waals surface area (Å²) in [5.41, 5.74) is 1.96. The molecule has 0 aliphatic heterocycles. The molecule has 0 saturated carbocycles. The summed E-state index contributed by atoms with van der Waals surface area (Å²) in [4.78, 5) is 12.1. The topological polar surface area (TPSA) is 29.1 Å². The first kappa shape index (κ1) is 11.9. The Balaban J connectivity index is 2.11. The minimum absolute atomic E-state index is 0.0668. The van der Waals surface area contributed by atoms with Crippen LogP contribution in [0.1, 0.15) is 24.8 Å². The molecular formula is C14H15NOS. The van der Waals surface area contributed by atoms with Crippen molar-refractivity contribution in [3.05, 3.63) is 52.7 Å². The molecule has 3 heteroatoms. The molecule has 0 fully saturated rings. The Morgan fingerprint density at radius 2 is 2.06 bits per heavy atom. The van der Waals surface area contributed by atoms with E-state index in [-0.39, 0.29) is 11.8 Å². The molecule has 0 aliphatic carbocycles. The summed E-state index contributed by atoms with van der Waals surface area (Å²) in [7, 11) is 0. The van der Waals surface area contributed by atoms with E-state index >= 15 is 0 Å². The van der Waals surface area contributed by atoms with Crippen molar-refractivity contribution < 1.29 is 4.79 Å². The van der Waals surface area contributed by atoms with Crippen LogP contribution in [0.15, 0.2) is 47.2 Å². The molecule has 1 N–H and O–H groups in total. The zero-order chi connectivity index (χ0) is 12.1. The van der Waals surface area contributed by atoms with Gasteiger partial charge in [0.1, 0.15) is 0 Å². The van der Waals surface area contributed by atoms with Crippen LogP contribution in [0.2, 0.25) is 0 Å². The number of hydrogen-bond donors (Lipinski definition) is 1. The molecule has 2 nitrogen and oxygen atoms in total. The van der Waals surface area contributed by atoms with Crippen LogP contribution in [-0.2, 0) is 4.79 Å². The average molecular weight is 245 g/mol. The highest BCUT2D eigenvalue weighted by Gasteiger charge is 2.18. The Kier molecular flexibility index (Phi) is 3.94. The van der Waals surface area contributed by atoms with E-state index in [2.05, 4.69) is 5.32 Å². The second-order valence-electron chi connectivity index (χ2n) is 3.87. The van der Waals surface area contributed by atoms with Gasteiger partial charge in [-0.15, -0.1) is 0 Å². The molecule has 88 valence electrons. The molecule has 0 bridgehead atoms. The van der Waals surface area contributed by atoms with Crippen LogP contribution in [-0.4, -0.2) is 5.91 Å². The lowest BCUT2D eigenvalue weighted by atomic mass is 9.96. The first-order chi connectivity index (χ1) is 8.31. The van der Waals surface area contributed by atoms with E-state index < -0.39 is 0 Å². The van der Waals surface area contributed by atoms with Crippen molar-refractivity contribution in [1.29, 1.82) is 0 Å². The SMILES string of the molecule is CCC(C(=O)Nc1ccsc1)c1ccccc1. The maximum absolute atomic E-state index is 12.1. The molecule has 1 unspecified atom stereocenters. The number of hydrogen-bond acceptors (Lipinski definition) is 2. The number of benzene rings is 1. The molecule has 0 saturated heterocycles. The molecule has 1 amide bonds. The van der Waals surface area contributed by atoms with E-state index in [0.29, 0.717) is 0 Å². The summed E-state index contributed by atoms with van der Waals surface area (Å²) < 4.78 is 0. The van der Waals surface area contributed by atoms with Crippen molar-refractivity contribution in [3.63, 3.8) is 0 Å². The summed E-state index contributed by atoms with van der Waals surface area (Å²) >= 11 is 1.58. The van der Waals surface area contributed by atoms with Gasteiger partial charge in [-0.2, -0.15) is 11.3 Å². The minimum atomic E-state index is -0.0731. The van der Waals surface area contributed by atoms with E-state index in [9.17, 15) is 4.79 Å². The Bertz CT molecular complexity index is 464. The third kappa shape index (κ3) is 2.94. The summed E-state index contributed by atoms with van der Waals surface area (Å²) in [6.45, 7) is 2.03. The summed E-state index contributed by atoms with van der Waals surface area (Å²) in [5.74, 6) is -0.00630. The van der Waals surface area contributed by atoms with E-state index in [1.807, 2.05) is 54.1 Å². The molecule has 17 heavy (non-hydrogen) atoms. The van der Waals surface area contributed by atoms with Gasteiger partial charge in [0.25, 0.3) is 0 Å². The summed E-state index contributed by atoms with van der Waals surface area (Å²) in [6.07, 6.45) is 0.806. The van der Waals surface area contributed by atoms with Crippen LogP contribution >= 0.6 is 11.3 Å². The van der Waals surface area contributed by atoms with Crippen LogP contribution in [0.25, 0.3) is 0 Å². The molecule has 1 aromatic carbocycles. The number of carbonyl (C=O) groups excluding carboxylic acids is 1. The lowest BCUT2D eigenvalue weighted by Crippen LogP contribution is -2.20. The third-order valence-electron chi connectivity index (χ3n) is 2.72. The van der Waals surface area contributed by atoms with Gasteiger partial charge in [-0.3, -0.25) is 4.79 Å². The zero-order valence-corrected chi connectivity index (χ0v) is 10.5. The molecule has 2 aromatic rings. The smallest absolute Gasteiger partial charge is 0.231 e. The Morgan fingerprint density at radius 3 is 2.65 bits per heavy atom. The number of anilines is 1. The molecule has 1 heterocycles. The van der Waals surface area contributed by atoms with Crippen molar-refractivity contribution in [2.75, 3.05) is 5.32 Å². The second kappa shape index (κ2) is 5.64. The van der Waals surface area contributed by atoms with Crippen molar-refractivity contribution in [2.24, 2.45) is 0 Å². The molecule has 1 aromatic heterocycles. The van der Waals surface area contributed by atoms with Gasteiger partial charge in [0.2, 0.25) is 5.91 Å². The first-order valence-electron chi connectivity index (χ1n) is 5.69. The molecule has 0 spiro atoms. The maximum atomic E-state index is 12.1. The summed E-state index contributed by atoms with van der Waals surface area (Å²) in [5, 5.41) is 6.84. The Labute approximate surface area is 105 Å². The normalized spacial score (nSPS) is 12.1. The predicted molar refractivity (Wildman–Crippen MR) is 72.4 cm³/mol. The standard InChI is InChI=1S/C14H15NOS/c1-2-13(11-6-4-3-5-7-11)14(16)15-12-8-9-17-10-12/h3-10,13H,2H2,1H3,(H,15,16). The van der Waals surface area contributed by atoms with E-state index in [1.165, 1.54) is 0 Å². The highest BCUT2D eigenvalue weighted by atomic mass is 32.1. The number of rotatable bonds is 4. The van der Waals surface area contributed by atoms with Gasteiger partial charge in [-0.25, -0.2) is 0 Å². The van der Waals surface area contributed by atoms with Gasteiger partial charge in [-0.1, -0.05) is 37.3 Å². The molecule has 1 atom stereocenters. The van der Waals surface area contributed by atoms with Gasteiger partial charge in [0.15, 0.2) is 0 Å². The quantitative estimate of drug-likeness (QED) is 0.870. The minimum Gasteiger partial charge on any atom is -0.325 e. The first-order valence-corrected chi connectivity index (χ1v) is 6.63. The fraction of sp³-hybridized carbons (Fsp3) is 0.214. The fourth-order valence-corrected chi connectivity index (χ4v) is 2.41. The van der Waals surface area contributed by atoms with Crippen molar-refractivity contribution in [3.8, 4) is 0 Å². The molecule has 0 aliphatic rings. The monoisotopic (exact) mass is 245 g/mol. The predicted octanol–water partition coefficient (Wildman–Crippen LogP) is 3.88. The van der Waals surface area contributed by atoms with E-state index in [0.717, 1.165) is 17.7 Å². The van der Waals surface area contributed by atoms with Crippen molar-refractivity contribution in [2.45, 2.75) is 19.3 Å². The highest BCUT2D eigenvalue weighted by Crippen LogP contribution is 2.22. The van der Waals surface area contributed by atoms with Gasteiger partial charge < -0.3 is 5.32 Å². The van der Waals surface area contributed by atoms with E-state index in [4.69, 9.17) is 0 Å². The van der Waals surface area contributed by atoms with Crippen LogP contribution in [0.5, 0.6) is 0 Å². The van der Waals surface area contributed by atoms with Crippen LogP contribution < -0.4 is 5.32 Å². The molecular weight excluding hydrogens is 230 g/mol. The average Bonchev–Trinajstić information content (AvgIpc) is 2.84. The Hall–Kier alpha value is -1.61. The largest absolute Gasteiger partial charge is 0.325 e. The van der Waals surface area contributed by atoms with Crippen molar-refractivity contribution >= 4 is 22.9 Å². The summed E-state index contributed by atoms with van der Waals surface area (Å²) in [6, 6.07) is 11.8. The van der Waals surface area contributed by atoms with Crippen LogP contribution in [0.4, 0.5) is 5.69 Å². The fourth-order valence-electron chi connectivity index (χ4n) is 1.82. The van der Waals surface area contributed by atoms with Gasteiger partial charge >= 0.3 is 0 Å². The van der Waals surface area contributed by atoms with E-state index in [1.54, 1.807) is 11.3 Å². The lowest BCUT2D eigenvalue weighted by molar-refractivity contribution is -0.117. The highest BCUT2D eigenvalue weighted by molar-refractivity contribution is 7.08. The lowest BCUT2D eigenvalue weighted by Gasteiger charge is -2.14. The maximum Gasteiger partial charge on any atom is 0.231 e. The van der Waals surface area contributed by atoms with Gasteiger partial charge in [0.05, 0.1) is 11.6 Å². The van der Waals surface area contributed by atoms with Crippen molar-refractivity contribution in [1.82, 2.24) is 0 Å². The molecule has 0 radical (unpaired) electrons. The number of nitrogens with one attached hydrogen (secondary N) is 1. The third-order valence-corrected chi connectivity index (χ3v) is 3.40.